The molecule has 0 aliphatic carbocycles. The fourth-order valence-corrected chi connectivity index (χ4v) is 1.91. The molecular formula is C12H11Cl2FN2O. The first-order valence-corrected chi connectivity index (χ1v) is 6.00. The molecule has 2 rings (SSSR count). The van der Waals surface area contributed by atoms with E-state index in [1.165, 1.54) is 12.1 Å². The molecule has 0 atom stereocenters. The number of aromatic nitrogens is 2. The zero-order valence-electron chi connectivity index (χ0n) is 9.88. The minimum absolute atomic E-state index is 0.0675. The lowest BCUT2D eigenvalue weighted by atomic mass is 10.3. The maximum atomic E-state index is 13.2. The van der Waals surface area contributed by atoms with E-state index in [9.17, 15) is 4.39 Å². The van der Waals surface area contributed by atoms with Gasteiger partial charge in [0, 0.05) is 18.7 Å². The number of halogens is 3. The summed E-state index contributed by atoms with van der Waals surface area (Å²) in [5.41, 5.74) is 1.58. The monoisotopic (exact) mass is 288 g/mol. The van der Waals surface area contributed by atoms with Crippen LogP contribution in [0.3, 0.4) is 0 Å². The Kier molecular flexibility index (Phi) is 3.78. The predicted molar refractivity (Wildman–Crippen MR) is 68.7 cm³/mol. The second-order valence-corrected chi connectivity index (χ2v) is 4.61. The Morgan fingerprint density at radius 3 is 2.67 bits per heavy atom. The first-order valence-electron chi connectivity index (χ1n) is 5.25. The lowest BCUT2D eigenvalue weighted by Gasteiger charge is -2.06. The standard InChI is InChI=1S/C12H11Cl2FN2O/c1-7-9(12(14)17(2)16-7)6-18-8-3-4-10(13)11(15)5-8/h3-5H,6H2,1-2H3. The fraction of sp³-hybridized carbons (Fsp3) is 0.250. The molecule has 18 heavy (non-hydrogen) atoms. The minimum atomic E-state index is -0.511. The first kappa shape index (κ1) is 13.2. The Morgan fingerprint density at radius 1 is 1.39 bits per heavy atom. The highest BCUT2D eigenvalue weighted by Gasteiger charge is 2.12. The highest BCUT2D eigenvalue weighted by Crippen LogP contribution is 2.24. The second-order valence-electron chi connectivity index (χ2n) is 3.84. The van der Waals surface area contributed by atoms with Gasteiger partial charge in [-0.15, -0.1) is 0 Å². The zero-order valence-corrected chi connectivity index (χ0v) is 11.4. The van der Waals surface area contributed by atoms with Crippen LogP contribution in [0.2, 0.25) is 10.2 Å². The van der Waals surface area contributed by atoms with Crippen molar-refractivity contribution < 1.29 is 9.13 Å². The van der Waals surface area contributed by atoms with Gasteiger partial charge in [0.2, 0.25) is 0 Å². The Hall–Kier alpha value is -1.26. The Labute approximate surface area is 114 Å². The Bertz CT molecular complexity index is 584. The lowest BCUT2D eigenvalue weighted by Crippen LogP contribution is -1.97. The van der Waals surface area contributed by atoms with Gasteiger partial charge in [0.1, 0.15) is 23.3 Å². The summed E-state index contributed by atoms with van der Waals surface area (Å²) in [6.07, 6.45) is 0. The molecule has 0 aliphatic heterocycles. The van der Waals surface area contributed by atoms with E-state index >= 15 is 0 Å². The van der Waals surface area contributed by atoms with Crippen molar-refractivity contribution in [2.75, 3.05) is 0 Å². The van der Waals surface area contributed by atoms with Crippen LogP contribution in [0.5, 0.6) is 5.75 Å². The summed E-state index contributed by atoms with van der Waals surface area (Å²) >= 11 is 11.6. The summed E-state index contributed by atoms with van der Waals surface area (Å²) in [4.78, 5) is 0. The molecule has 6 heteroatoms. The molecule has 1 heterocycles. The quantitative estimate of drug-likeness (QED) is 0.860. The van der Waals surface area contributed by atoms with Crippen LogP contribution in [0.1, 0.15) is 11.3 Å². The van der Waals surface area contributed by atoms with Gasteiger partial charge < -0.3 is 4.74 Å². The van der Waals surface area contributed by atoms with Crippen LogP contribution in [0.15, 0.2) is 18.2 Å². The van der Waals surface area contributed by atoms with Gasteiger partial charge in [0.25, 0.3) is 0 Å². The summed E-state index contributed by atoms with van der Waals surface area (Å²) in [5.74, 6) is -0.112. The maximum absolute atomic E-state index is 13.2. The summed E-state index contributed by atoms with van der Waals surface area (Å²) in [6.45, 7) is 2.08. The van der Waals surface area contributed by atoms with E-state index in [4.69, 9.17) is 27.9 Å². The molecule has 0 N–H and O–H groups in total. The van der Waals surface area contributed by atoms with Crippen molar-refractivity contribution in [2.45, 2.75) is 13.5 Å². The fourth-order valence-electron chi connectivity index (χ4n) is 1.56. The number of aryl methyl sites for hydroxylation is 2. The third-order valence-corrected chi connectivity index (χ3v) is 3.32. The third-order valence-electron chi connectivity index (χ3n) is 2.54. The Balaban J connectivity index is 2.14. The first-order chi connectivity index (χ1) is 8.49. The maximum Gasteiger partial charge on any atom is 0.145 e. The van der Waals surface area contributed by atoms with Crippen molar-refractivity contribution in [1.29, 1.82) is 0 Å². The van der Waals surface area contributed by atoms with E-state index in [1.54, 1.807) is 17.8 Å². The molecule has 0 saturated carbocycles. The van der Waals surface area contributed by atoms with Crippen LogP contribution >= 0.6 is 23.2 Å². The molecule has 1 aromatic heterocycles. The van der Waals surface area contributed by atoms with Crippen molar-refractivity contribution in [2.24, 2.45) is 7.05 Å². The molecule has 2 aromatic rings. The molecular weight excluding hydrogens is 278 g/mol. The number of hydrogen-bond donors (Lipinski definition) is 0. The molecule has 3 nitrogen and oxygen atoms in total. The van der Waals surface area contributed by atoms with Crippen molar-refractivity contribution in [3.8, 4) is 5.75 Å². The molecule has 0 amide bonds. The largest absolute Gasteiger partial charge is 0.489 e. The lowest BCUT2D eigenvalue weighted by molar-refractivity contribution is 0.304. The number of rotatable bonds is 3. The summed E-state index contributed by atoms with van der Waals surface area (Å²) in [7, 11) is 1.75. The van der Waals surface area contributed by atoms with Gasteiger partial charge in [-0.25, -0.2) is 4.39 Å². The van der Waals surface area contributed by atoms with Crippen LogP contribution in [0.4, 0.5) is 4.39 Å². The molecule has 0 bridgehead atoms. The van der Waals surface area contributed by atoms with E-state index < -0.39 is 5.82 Å². The Morgan fingerprint density at radius 2 is 2.11 bits per heavy atom. The van der Waals surface area contributed by atoms with Crippen LogP contribution < -0.4 is 4.74 Å². The molecule has 0 aliphatic rings. The van der Waals surface area contributed by atoms with Crippen molar-refractivity contribution >= 4 is 23.2 Å². The highest BCUT2D eigenvalue weighted by atomic mass is 35.5. The van der Waals surface area contributed by atoms with Gasteiger partial charge in [0.05, 0.1) is 10.7 Å². The van der Waals surface area contributed by atoms with E-state index in [1.807, 2.05) is 6.92 Å². The summed E-state index contributed by atoms with van der Waals surface area (Å²) < 4.78 is 20.2. The highest BCUT2D eigenvalue weighted by molar-refractivity contribution is 6.30. The van der Waals surface area contributed by atoms with Crippen molar-refractivity contribution in [1.82, 2.24) is 9.78 Å². The molecule has 0 spiro atoms. The van der Waals surface area contributed by atoms with E-state index in [0.29, 0.717) is 10.9 Å². The number of nitrogens with zero attached hydrogens (tertiary/aromatic N) is 2. The predicted octanol–water partition coefficient (Wildman–Crippen LogP) is 3.75. The molecule has 0 radical (unpaired) electrons. The number of hydrogen-bond acceptors (Lipinski definition) is 2. The number of ether oxygens (including phenoxy) is 1. The average Bonchev–Trinajstić information content (AvgIpc) is 2.56. The molecule has 0 unspecified atom stereocenters. The second kappa shape index (κ2) is 5.16. The minimum Gasteiger partial charge on any atom is -0.489 e. The van der Waals surface area contributed by atoms with Gasteiger partial charge in [-0.3, -0.25) is 4.68 Å². The van der Waals surface area contributed by atoms with Crippen LogP contribution in [-0.4, -0.2) is 9.78 Å². The van der Waals surface area contributed by atoms with E-state index in [0.717, 1.165) is 11.3 Å². The summed E-state index contributed by atoms with van der Waals surface area (Å²) in [6, 6.07) is 4.29. The topological polar surface area (TPSA) is 27.1 Å². The summed E-state index contributed by atoms with van der Waals surface area (Å²) in [5, 5.41) is 4.75. The molecule has 96 valence electrons. The van der Waals surface area contributed by atoms with Crippen molar-refractivity contribution in [3.63, 3.8) is 0 Å². The third kappa shape index (κ3) is 2.60. The van der Waals surface area contributed by atoms with Crippen LogP contribution in [0.25, 0.3) is 0 Å². The molecule has 1 aromatic carbocycles. The van der Waals surface area contributed by atoms with E-state index in [-0.39, 0.29) is 11.6 Å². The van der Waals surface area contributed by atoms with Crippen molar-refractivity contribution in [3.05, 3.63) is 45.4 Å². The zero-order chi connectivity index (χ0) is 13.3. The SMILES string of the molecule is Cc1nn(C)c(Cl)c1COc1ccc(Cl)c(F)c1. The van der Waals surface area contributed by atoms with Gasteiger partial charge in [-0.1, -0.05) is 23.2 Å². The van der Waals surface area contributed by atoms with E-state index in [2.05, 4.69) is 5.10 Å². The van der Waals surface area contributed by atoms with Gasteiger partial charge >= 0.3 is 0 Å². The smallest absolute Gasteiger partial charge is 0.145 e. The average molecular weight is 289 g/mol. The van der Waals surface area contributed by atoms with Gasteiger partial charge in [-0.05, 0) is 19.1 Å². The normalized spacial score (nSPS) is 10.7. The molecule has 0 fully saturated rings. The molecule has 0 saturated heterocycles. The van der Waals surface area contributed by atoms with Crippen LogP contribution in [-0.2, 0) is 13.7 Å². The van der Waals surface area contributed by atoms with Gasteiger partial charge in [0.15, 0.2) is 0 Å². The van der Waals surface area contributed by atoms with Crippen LogP contribution in [0, 0.1) is 12.7 Å². The number of benzene rings is 1. The van der Waals surface area contributed by atoms with Gasteiger partial charge in [-0.2, -0.15) is 5.10 Å².